The summed E-state index contributed by atoms with van der Waals surface area (Å²) in [6, 6.07) is -0.0450. The Hall–Kier alpha value is -1.10. The summed E-state index contributed by atoms with van der Waals surface area (Å²) in [7, 11) is 0. The first-order valence-electron chi connectivity index (χ1n) is 6.14. The lowest BCUT2D eigenvalue weighted by Gasteiger charge is -2.39. The van der Waals surface area contributed by atoms with E-state index in [0.29, 0.717) is 19.5 Å². The van der Waals surface area contributed by atoms with Gasteiger partial charge in [0.05, 0.1) is 6.10 Å². The molecule has 2 amide bonds. The van der Waals surface area contributed by atoms with Crippen LogP contribution in [0.15, 0.2) is 0 Å². The third kappa shape index (κ3) is 4.00. The molecule has 0 saturated carbocycles. The molecule has 0 aromatic rings. The zero-order valence-corrected chi connectivity index (χ0v) is 10.8. The molecule has 1 saturated heterocycles. The predicted molar refractivity (Wildman–Crippen MR) is 64.3 cm³/mol. The number of aliphatic hydroxyl groups is 1. The zero-order valence-electron chi connectivity index (χ0n) is 10.8. The van der Waals surface area contributed by atoms with Crippen LogP contribution in [0.4, 0.5) is 0 Å². The third-order valence-electron chi connectivity index (χ3n) is 3.30. The number of piperidine rings is 1. The van der Waals surface area contributed by atoms with Crippen molar-refractivity contribution >= 4 is 11.8 Å². The van der Waals surface area contributed by atoms with Crippen LogP contribution in [0.1, 0.15) is 33.6 Å². The van der Waals surface area contributed by atoms with Gasteiger partial charge in [-0.3, -0.25) is 9.59 Å². The van der Waals surface area contributed by atoms with E-state index in [2.05, 4.69) is 5.32 Å². The molecule has 1 fully saturated rings. The van der Waals surface area contributed by atoms with Gasteiger partial charge in [-0.1, -0.05) is 6.92 Å². The van der Waals surface area contributed by atoms with Crippen LogP contribution in [0, 0.1) is 5.92 Å². The summed E-state index contributed by atoms with van der Waals surface area (Å²) in [5.74, 6) is -0.0482. The minimum Gasteiger partial charge on any atom is -0.393 e. The fraction of sp³-hybridized carbons (Fsp3) is 0.833. The second-order valence-corrected chi connectivity index (χ2v) is 4.79. The van der Waals surface area contributed by atoms with Crippen molar-refractivity contribution in [3.63, 3.8) is 0 Å². The van der Waals surface area contributed by atoms with E-state index in [0.717, 1.165) is 6.42 Å². The lowest BCUT2D eigenvalue weighted by molar-refractivity contribution is -0.133. The number of nitrogens with zero attached hydrogens (tertiary/aromatic N) is 1. The van der Waals surface area contributed by atoms with E-state index in [1.807, 2.05) is 6.92 Å². The van der Waals surface area contributed by atoms with E-state index in [4.69, 9.17) is 0 Å². The Kier molecular flexibility index (Phi) is 4.93. The van der Waals surface area contributed by atoms with Gasteiger partial charge in [0.2, 0.25) is 11.8 Å². The largest absolute Gasteiger partial charge is 0.393 e. The van der Waals surface area contributed by atoms with Gasteiger partial charge in [0, 0.05) is 38.9 Å². The van der Waals surface area contributed by atoms with E-state index >= 15 is 0 Å². The lowest BCUT2D eigenvalue weighted by Crippen LogP contribution is -2.53. The maximum atomic E-state index is 11.4. The molecule has 3 atom stereocenters. The topological polar surface area (TPSA) is 69.6 Å². The molecule has 98 valence electrons. The normalized spacial score (nSPS) is 26.5. The molecular weight excluding hydrogens is 220 g/mol. The minimum absolute atomic E-state index is 0.00615. The number of hydrogen-bond acceptors (Lipinski definition) is 3. The van der Waals surface area contributed by atoms with Crippen LogP contribution in [0.3, 0.4) is 0 Å². The molecule has 0 aromatic heterocycles. The van der Waals surface area contributed by atoms with Gasteiger partial charge in [0.15, 0.2) is 0 Å². The Morgan fingerprint density at radius 3 is 2.53 bits per heavy atom. The monoisotopic (exact) mass is 242 g/mol. The van der Waals surface area contributed by atoms with Gasteiger partial charge in [-0.05, 0) is 12.8 Å². The highest BCUT2D eigenvalue weighted by molar-refractivity contribution is 5.75. The molecular formula is C12H22N2O3. The molecule has 1 heterocycles. The van der Waals surface area contributed by atoms with Crippen molar-refractivity contribution in [2.24, 2.45) is 5.92 Å². The third-order valence-corrected chi connectivity index (χ3v) is 3.30. The Bertz CT molecular complexity index is 293. The maximum absolute atomic E-state index is 11.4. The van der Waals surface area contributed by atoms with Gasteiger partial charge >= 0.3 is 0 Å². The summed E-state index contributed by atoms with van der Waals surface area (Å²) >= 11 is 0. The fourth-order valence-corrected chi connectivity index (χ4v) is 2.40. The van der Waals surface area contributed by atoms with Crippen molar-refractivity contribution in [2.45, 2.75) is 45.8 Å². The van der Waals surface area contributed by atoms with Crippen LogP contribution in [-0.2, 0) is 9.59 Å². The van der Waals surface area contributed by atoms with E-state index in [1.165, 1.54) is 13.8 Å². The van der Waals surface area contributed by atoms with Crippen molar-refractivity contribution in [3.05, 3.63) is 0 Å². The van der Waals surface area contributed by atoms with Crippen molar-refractivity contribution in [2.75, 3.05) is 13.1 Å². The molecule has 0 bridgehead atoms. The number of amides is 2. The molecule has 1 aliphatic heterocycles. The van der Waals surface area contributed by atoms with Crippen LogP contribution in [-0.4, -0.2) is 47.1 Å². The molecule has 5 nitrogen and oxygen atoms in total. The molecule has 17 heavy (non-hydrogen) atoms. The second kappa shape index (κ2) is 6.00. The minimum atomic E-state index is -0.409. The highest BCUT2D eigenvalue weighted by Gasteiger charge is 2.32. The second-order valence-electron chi connectivity index (χ2n) is 4.79. The molecule has 0 aliphatic carbocycles. The van der Waals surface area contributed by atoms with Gasteiger partial charge in [-0.2, -0.15) is 0 Å². The van der Waals surface area contributed by atoms with Crippen molar-refractivity contribution in [1.82, 2.24) is 10.2 Å². The van der Waals surface area contributed by atoms with Gasteiger partial charge in [0.1, 0.15) is 0 Å². The number of rotatable bonds is 3. The van der Waals surface area contributed by atoms with Gasteiger partial charge < -0.3 is 15.3 Å². The van der Waals surface area contributed by atoms with E-state index in [-0.39, 0.29) is 23.8 Å². The first-order valence-corrected chi connectivity index (χ1v) is 6.14. The number of carbonyl (C=O) groups is 2. The van der Waals surface area contributed by atoms with Gasteiger partial charge in [-0.25, -0.2) is 0 Å². The van der Waals surface area contributed by atoms with Gasteiger partial charge in [0.25, 0.3) is 0 Å². The molecule has 2 N–H and O–H groups in total. The number of nitrogens with one attached hydrogen (secondary N) is 1. The Balaban J connectivity index is 2.68. The highest BCUT2D eigenvalue weighted by Crippen LogP contribution is 2.22. The zero-order chi connectivity index (χ0) is 13.0. The molecule has 0 aromatic carbocycles. The summed E-state index contributed by atoms with van der Waals surface area (Å²) < 4.78 is 0. The lowest BCUT2D eigenvalue weighted by atomic mass is 9.88. The molecule has 3 unspecified atom stereocenters. The molecule has 0 radical (unpaired) electrons. The standard InChI is InChI=1S/C12H22N2O3/c1-4-12(17)10-5-11(13-8(2)15)7-14(6-10)9(3)16/h10-12,17H,4-7H2,1-3H3,(H,13,15). The van der Waals surface area contributed by atoms with Crippen LogP contribution < -0.4 is 5.32 Å². The summed E-state index contributed by atoms with van der Waals surface area (Å²) in [5, 5.41) is 12.7. The SMILES string of the molecule is CCC(O)C1CC(NC(C)=O)CN(C(C)=O)C1. The van der Waals surface area contributed by atoms with Crippen LogP contribution in [0.5, 0.6) is 0 Å². The van der Waals surface area contributed by atoms with Crippen LogP contribution in [0.25, 0.3) is 0 Å². The summed E-state index contributed by atoms with van der Waals surface area (Å²) in [6.07, 6.45) is 0.995. The summed E-state index contributed by atoms with van der Waals surface area (Å²) in [6.45, 7) is 6.04. The number of likely N-dealkylation sites (tertiary alicyclic amines) is 1. The molecule has 1 aliphatic rings. The smallest absolute Gasteiger partial charge is 0.219 e. The Morgan fingerprint density at radius 2 is 2.06 bits per heavy atom. The van der Waals surface area contributed by atoms with Crippen molar-refractivity contribution in [3.8, 4) is 0 Å². The van der Waals surface area contributed by atoms with Crippen LogP contribution >= 0.6 is 0 Å². The number of hydrogen-bond donors (Lipinski definition) is 2. The average molecular weight is 242 g/mol. The molecule has 5 heteroatoms. The predicted octanol–water partition coefficient (Wildman–Crippen LogP) is 0.130. The average Bonchev–Trinajstić information content (AvgIpc) is 2.26. The van der Waals surface area contributed by atoms with E-state index in [1.54, 1.807) is 4.90 Å². The summed E-state index contributed by atoms with van der Waals surface area (Å²) in [5.41, 5.74) is 0. The van der Waals surface area contributed by atoms with E-state index in [9.17, 15) is 14.7 Å². The van der Waals surface area contributed by atoms with Crippen LogP contribution in [0.2, 0.25) is 0 Å². The van der Waals surface area contributed by atoms with E-state index < -0.39 is 6.10 Å². The maximum Gasteiger partial charge on any atom is 0.219 e. The Morgan fingerprint density at radius 1 is 1.41 bits per heavy atom. The first-order chi connectivity index (χ1) is 7.93. The Labute approximate surface area is 102 Å². The van der Waals surface area contributed by atoms with Crippen molar-refractivity contribution in [1.29, 1.82) is 0 Å². The first kappa shape index (κ1) is 14.0. The number of aliphatic hydroxyl groups excluding tert-OH is 1. The molecule has 1 rings (SSSR count). The summed E-state index contributed by atoms with van der Waals surface area (Å²) in [4.78, 5) is 24.2. The quantitative estimate of drug-likeness (QED) is 0.739. The van der Waals surface area contributed by atoms with Crippen molar-refractivity contribution < 1.29 is 14.7 Å². The molecule has 0 spiro atoms. The highest BCUT2D eigenvalue weighted by atomic mass is 16.3. The van der Waals surface area contributed by atoms with Gasteiger partial charge in [-0.15, -0.1) is 0 Å². The fourth-order valence-electron chi connectivity index (χ4n) is 2.40. The number of carbonyl (C=O) groups excluding carboxylic acids is 2.